The Morgan fingerprint density at radius 2 is 1.96 bits per heavy atom. The highest BCUT2D eigenvalue weighted by Gasteiger charge is 2.35. The number of para-hydroxylation sites is 1. The average Bonchev–Trinajstić information content (AvgIpc) is 2.96. The van der Waals surface area contributed by atoms with Crippen LogP contribution in [0.25, 0.3) is 0 Å². The molecule has 2 aromatic carbocycles. The Labute approximate surface area is 156 Å². The third-order valence-electron chi connectivity index (χ3n) is 4.13. The standard InChI is InChI=1S/C18H17ClFNO4S/c19-16-10-15(6-7-17(16)20)25-11-18(22)21(13-4-2-1-3-5-13)14-8-9-26(23,24)12-14/h1-7,10,14H,8-9,11-12H2/t14-/m0/s1. The van der Waals surface area contributed by atoms with Gasteiger partial charge in [0.25, 0.3) is 5.91 Å². The lowest BCUT2D eigenvalue weighted by Crippen LogP contribution is -2.43. The van der Waals surface area contributed by atoms with E-state index in [0.29, 0.717) is 12.1 Å². The van der Waals surface area contributed by atoms with E-state index in [9.17, 15) is 17.6 Å². The van der Waals surface area contributed by atoms with E-state index in [4.69, 9.17) is 16.3 Å². The monoisotopic (exact) mass is 397 g/mol. The summed E-state index contributed by atoms with van der Waals surface area (Å²) in [7, 11) is -3.15. The zero-order valence-electron chi connectivity index (χ0n) is 13.8. The number of carbonyl (C=O) groups is 1. The predicted molar refractivity (Wildman–Crippen MR) is 97.9 cm³/mol. The normalized spacial score (nSPS) is 18.5. The van der Waals surface area contributed by atoms with Gasteiger partial charge in [0.05, 0.1) is 22.6 Å². The lowest BCUT2D eigenvalue weighted by molar-refractivity contribution is -0.121. The minimum absolute atomic E-state index is 0.0582. The van der Waals surface area contributed by atoms with E-state index >= 15 is 0 Å². The van der Waals surface area contributed by atoms with Crippen LogP contribution in [0.1, 0.15) is 6.42 Å². The molecule has 1 fully saturated rings. The first-order valence-corrected chi connectivity index (χ1v) is 10.2. The summed E-state index contributed by atoms with van der Waals surface area (Å²) in [5.74, 6) is -0.707. The number of benzene rings is 2. The number of halogens is 2. The van der Waals surface area contributed by atoms with Crippen LogP contribution >= 0.6 is 11.6 Å². The molecular weight excluding hydrogens is 381 g/mol. The van der Waals surface area contributed by atoms with Gasteiger partial charge in [-0.2, -0.15) is 0 Å². The lowest BCUT2D eigenvalue weighted by atomic mass is 10.2. The van der Waals surface area contributed by atoms with Crippen LogP contribution in [0.3, 0.4) is 0 Å². The maximum atomic E-state index is 13.2. The SMILES string of the molecule is O=C(COc1ccc(F)c(Cl)c1)N(c1ccccc1)[C@H]1CCS(=O)(=O)C1. The summed E-state index contributed by atoms with van der Waals surface area (Å²) in [6, 6.07) is 12.2. The number of sulfone groups is 1. The van der Waals surface area contributed by atoms with Crippen LogP contribution in [0, 0.1) is 5.82 Å². The van der Waals surface area contributed by atoms with E-state index in [1.165, 1.54) is 17.0 Å². The molecule has 1 amide bonds. The number of carbonyl (C=O) groups excluding carboxylic acids is 1. The van der Waals surface area contributed by atoms with Crippen molar-refractivity contribution in [3.8, 4) is 5.75 Å². The number of nitrogens with zero attached hydrogens (tertiary/aromatic N) is 1. The van der Waals surface area contributed by atoms with Gasteiger partial charge >= 0.3 is 0 Å². The number of rotatable bonds is 5. The Morgan fingerprint density at radius 1 is 1.23 bits per heavy atom. The highest BCUT2D eigenvalue weighted by molar-refractivity contribution is 7.91. The van der Waals surface area contributed by atoms with Gasteiger partial charge in [-0.05, 0) is 30.7 Å². The molecule has 1 aliphatic heterocycles. The summed E-state index contributed by atoms with van der Waals surface area (Å²) in [4.78, 5) is 14.2. The largest absolute Gasteiger partial charge is 0.484 e. The van der Waals surface area contributed by atoms with Crippen LogP contribution in [0.4, 0.5) is 10.1 Å². The second-order valence-electron chi connectivity index (χ2n) is 6.02. The molecule has 0 bridgehead atoms. The van der Waals surface area contributed by atoms with E-state index in [0.717, 1.165) is 6.07 Å². The lowest BCUT2D eigenvalue weighted by Gasteiger charge is -2.28. The molecule has 1 atom stereocenters. The molecule has 0 N–H and O–H groups in total. The van der Waals surface area contributed by atoms with Gasteiger partial charge in [-0.25, -0.2) is 12.8 Å². The smallest absolute Gasteiger partial charge is 0.265 e. The van der Waals surface area contributed by atoms with Gasteiger partial charge in [0.2, 0.25) is 0 Å². The summed E-state index contributed by atoms with van der Waals surface area (Å²) < 4.78 is 42.3. The first kappa shape index (κ1) is 18.7. The first-order valence-electron chi connectivity index (χ1n) is 8.01. The average molecular weight is 398 g/mol. The van der Waals surface area contributed by atoms with E-state index < -0.39 is 21.7 Å². The fourth-order valence-corrected chi connectivity index (χ4v) is 4.78. The van der Waals surface area contributed by atoms with Crippen molar-refractivity contribution in [2.24, 2.45) is 0 Å². The molecule has 0 saturated carbocycles. The van der Waals surface area contributed by atoms with E-state index in [1.54, 1.807) is 24.3 Å². The van der Waals surface area contributed by atoms with Crippen molar-refractivity contribution in [3.63, 3.8) is 0 Å². The molecule has 3 rings (SSSR count). The highest BCUT2D eigenvalue weighted by Crippen LogP contribution is 2.25. The summed E-state index contributed by atoms with van der Waals surface area (Å²) in [5.41, 5.74) is 0.611. The molecule has 1 heterocycles. The summed E-state index contributed by atoms with van der Waals surface area (Å²) in [6.07, 6.45) is 0.380. The third-order valence-corrected chi connectivity index (χ3v) is 6.17. The van der Waals surface area contributed by atoms with Crippen molar-refractivity contribution in [2.45, 2.75) is 12.5 Å². The zero-order chi connectivity index (χ0) is 18.7. The molecule has 138 valence electrons. The molecule has 0 spiro atoms. The number of hydrogen-bond donors (Lipinski definition) is 0. The van der Waals surface area contributed by atoms with Gasteiger partial charge in [-0.1, -0.05) is 29.8 Å². The molecule has 0 aliphatic carbocycles. The van der Waals surface area contributed by atoms with Crippen molar-refractivity contribution in [2.75, 3.05) is 23.0 Å². The molecule has 1 aliphatic rings. The Hall–Kier alpha value is -2.12. The van der Waals surface area contributed by atoms with Crippen molar-refractivity contribution in [3.05, 3.63) is 59.4 Å². The Balaban J connectivity index is 1.78. The van der Waals surface area contributed by atoms with Crippen LogP contribution in [0.15, 0.2) is 48.5 Å². The van der Waals surface area contributed by atoms with Gasteiger partial charge in [0.15, 0.2) is 16.4 Å². The first-order chi connectivity index (χ1) is 12.4. The number of ether oxygens (including phenoxy) is 1. The summed E-state index contributed by atoms with van der Waals surface area (Å²) >= 11 is 5.71. The molecule has 8 heteroatoms. The molecule has 0 radical (unpaired) electrons. The molecule has 26 heavy (non-hydrogen) atoms. The van der Waals surface area contributed by atoms with E-state index in [2.05, 4.69) is 0 Å². The van der Waals surface area contributed by atoms with Gasteiger partial charge in [0, 0.05) is 11.8 Å². The Bertz CT molecular complexity index is 905. The topological polar surface area (TPSA) is 63.7 Å². The molecular formula is C18H17ClFNO4S. The van der Waals surface area contributed by atoms with Crippen molar-refractivity contribution >= 4 is 33.0 Å². The third kappa shape index (κ3) is 4.34. The van der Waals surface area contributed by atoms with E-state index in [-0.39, 0.29) is 34.8 Å². The summed E-state index contributed by atoms with van der Waals surface area (Å²) in [5, 5.41) is -0.100. The minimum atomic E-state index is -3.15. The van der Waals surface area contributed by atoms with Crippen LogP contribution in [-0.2, 0) is 14.6 Å². The van der Waals surface area contributed by atoms with E-state index in [1.807, 2.05) is 6.07 Å². The second kappa shape index (κ2) is 7.63. The van der Waals surface area contributed by atoms with Gasteiger partial charge in [-0.15, -0.1) is 0 Å². The van der Waals surface area contributed by atoms with Crippen molar-refractivity contribution < 1.29 is 22.3 Å². The molecule has 2 aromatic rings. The summed E-state index contributed by atoms with van der Waals surface area (Å²) in [6.45, 7) is -0.312. The molecule has 0 unspecified atom stereocenters. The molecule has 1 saturated heterocycles. The van der Waals surface area contributed by atoms with Gasteiger partial charge in [0.1, 0.15) is 11.6 Å². The van der Waals surface area contributed by atoms with Crippen LogP contribution in [-0.4, -0.2) is 38.5 Å². The van der Waals surface area contributed by atoms with Crippen molar-refractivity contribution in [1.29, 1.82) is 0 Å². The van der Waals surface area contributed by atoms with Crippen LogP contribution in [0.5, 0.6) is 5.75 Å². The maximum absolute atomic E-state index is 13.2. The predicted octanol–water partition coefficient (Wildman–Crippen LogP) is 3.08. The molecule has 5 nitrogen and oxygen atoms in total. The van der Waals surface area contributed by atoms with Crippen LogP contribution < -0.4 is 9.64 Å². The van der Waals surface area contributed by atoms with Crippen molar-refractivity contribution in [1.82, 2.24) is 0 Å². The highest BCUT2D eigenvalue weighted by atomic mass is 35.5. The number of anilines is 1. The zero-order valence-corrected chi connectivity index (χ0v) is 15.3. The molecule has 0 aromatic heterocycles. The fourth-order valence-electron chi connectivity index (χ4n) is 2.91. The quantitative estimate of drug-likeness (QED) is 0.777. The number of amides is 1. The Morgan fingerprint density at radius 3 is 2.58 bits per heavy atom. The second-order valence-corrected chi connectivity index (χ2v) is 8.66. The Kier molecular flexibility index (Phi) is 5.48. The van der Waals surface area contributed by atoms with Gasteiger partial charge < -0.3 is 9.64 Å². The number of hydrogen-bond acceptors (Lipinski definition) is 4. The van der Waals surface area contributed by atoms with Gasteiger partial charge in [-0.3, -0.25) is 4.79 Å². The maximum Gasteiger partial charge on any atom is 0.265 e. The fraction of sp³-hybridized carbons (Fsp3) is 0.278. The van der Waals surface area contributed by atoms with Crippen LogP contribution in [0.2, 0.25) is 5.02 Å². The minimum Gasteiger partial charge on any atom is -0.484 e.